The van der Waals surface area contributed by atoms with Gasteiger partial charge in [-0.05, 0) is 44.5 Å². The quantitative estimate of drug-likeness (QED) is 0.900. The molecule has 1 atom stereocenters. The van der Waals surface area contributed by atoms with Crippen LogP contribution in [-0.2, 0) is 0 Å². The van der Waals surface area contributed by atoms with E-state index >= 15 is 0 Å². The molecule has 0 aliphatic carbocycles. The predicted molar refractivity (Wildman–Crippen MR) is 87.2 cm³/mol. The number of nitrogens with zero attached hydrogens (tertiary/aromatic N) is 5. The molecule has 1 aliphatic rings. The molecule has 7 heteroatoms. The monoisotopic (exact) mass is 312 g/mol. The number of rotatable bonds is 5. The average Bonchev–Trinajstić information content (AvgIpc) is 2.65. The number of aromatic nitrogens is 3. The van der Waals surface area contributed by atoms with E-state index in [4.69, 9.17) is 11.6 Å². The van der Waals surface area contributed by atoms with Crippen molar-refractivity contribution >= 4 is 23.5 Å². The first-order valence-corrected chi connectivity index (χ1v) is 8.12. The minimum Gasteiger partial charge on any atom is -0.354 e. The number of halogens is 1. The van der Waals surface area contributed by atoms with Gasteiger partial charge in [-0.1, -0.05) is 13.8 Å². The van der Waals surface area contributed by atoms with E-state index in [0.717, 1.165) is 45.4 Å². The summed E-state index contributed by atoms with van der Waals surface area (Å²) in [5, 5.41) is 3.44. The maximum absolute atomic E-state index is 6.07. The molecule has 1 fully saturated rings. The molecule has 1 saturated heterocycles. The van der Waals surface area contributed by atoms with Crippen molar-refractivity contribution in [2.24, 2.45) is 0 Å². The molecule has 6 nitrogen and oxygen atoms in total. The van der Waals surface area contributed by atoms with Gasteiger partial charge in [0.15, 0.2) is 0 Å². The van der Waals surface area contributed by atoms with E-state index in [1.807, 2.05) is 0 Å². The third kappa shape index (κ3) is 4.41. The Morgan fingerprint density at radius 3 is 2.76 bits per heavy atom. The summed E-state index contributed by atoms with van der Waals surface area (Å²) in [4.78, 5) is 17.7. The zero-order chi connectivity index (χ0) is 15.2. The molecule has 0 amide bonds. The molecule has 0 saturated carbocycles. The molecule has 0 bridgehead atoms. The van der Waals surface area contributed by atoms with E-state index in [-0.39, 0.29) is 5.28 Å². The number of likely N-dealkylation sites (N-methyl/N-ethyl adjacent to an activating group) is 1. The van der Waals surface area contributed by atoms with Gasteiger partial charge in [-0.2, -0.15) is 15.0 Å². The molecule has 2 rings (SSSR count). The van der Waals surface area contributed by atoms with Crippen LogP contribution in [0.2, 0.25) is 5.28 Å². The lowest BCUT2D eigenvalue weighted by Crippen LogP contribution is -2.41. The van der Waals surface area contributed by atoms with Gasteiger partial charge in [0.2, 0.25) is 17.2 Å². The summed E-state index contributed by atoms with van der Waals surface area (Å²) in [5.74, 6) is 1.26. The smallest absolute Gasteiger partial charge is 0.231 e. The second kappa shape index (κ2) is 7.75. The molecule has 1 unspecified atom stereocenters. The summed E-state index contributed by atoms with van der Waals surface area (Å²) >= 11 is 6.07. The zero-order valence-electron chi connectivity index (χ0n) is 13.1. The Balaban J connectivity index is 2.23. The number of nitrogens with one attached hydrogen (secondary N) is 1. The van der Waals surface area contributed by atoms with Crippen molar-refractivity contribution in [2.45, 2.75) is 39.2 Å². The Bertz CT molecular complexity index is 455. The van der Waals surface area contributed by atoms with Crippen molar-refractivity contribution in [3.8, 4) is 0 Å². The van der Waals surface area contributed by atoms with Crippen molar-refractivity contribution in [1.82, 2.24) is 19.9 Å². The zero-order valence-corrected chi connectivity index (χ0v) is 13.9. The van der Waals surface area contributed by atoms with Gasteiger partial charge >= 0.3 is 0 Å². The summed E-state index contributed by atoms with van der Waals surface area (Å²) in [6.45, 7) is 8.23. The molecular formula is C14H25ClN6. The summed E-state index contributed by atoms with van der Waals surface area (Å²) in [6.07, 6.45) is 3.18. The molecule has 1 aliphatic heterocycles. The number of hydrogen-bond donors (Lipinski definition) is 1. The van der Waals surface area contributed by atoms with Crippen molar-refractivity contribution in [3.63, 3.8) is 0 Å². The van der Waals surface area contributed by atoms with E-state index in [2.05, 4.69) is 51.0 Å². The van der Waals surface area contributed by atoms with Gasteiger partial charge in [0.05, 0.1) is 0 Å². The van der Waals surface area contributed by atoms with Crippen LogP contribution in [0.4, 0.5) is 11.9 Å². The van der Waals surface area contributed by atoms with Gasteiger partial charge in [0.1, 0.15) is 0 Å². The SMILES string of the molecule is CCCNc1nc(Cl)nc(N2CCCN(C)CC2CC)n1. The van der Waals surface area contributed by atoms with E-state index in [0.29, 0.717) is 17.9 Å². The van der Waals surface area contributed by atoms with Crippen LogP contribution >= 0.6 is 11.6 Å². The highest BCUT2D eigenvalue weighted by atomic mass is 35.5. The molecule has 21 heavy (non-hydrogen) atoms. The van der Waals surface area contributed by atoms with Crippen LogP contribution in [0.5, 0.6) is 0 Å². The van der Waals surface area contributed by atoms with Crippen molar-refractivity contribution in [1.29, 1.82) is 0 Å². The molecule has 2 heterocycles. The second-order valence-corrected chi connectivity index (χ2v) is 5.86. The highest BCUT2D eigenvalue weighted by molar-refractivity contribution is 6.28. The van der Waals surface area contributed by atoms with Crippen molar-refractivity contribution < 1.29 is 0 Å². The first-order chi connectivity index (χ1) is 10.1. The first-order valence-electron chi connectivity index (χ1n) is 7.74. The lowest BCUT2D eigenvalue weighted by molar-refractivity contribution is 0.327. The normalized spacial score (nSPS) is 20.4. The topological polar surface area (TPSA) is 57.2 Å². The third-order valence-electron chi connectivity index (χ3n) is 3.76. The van der Waals surface area contributed by atoms with Gasteiger partial charge in [0, 0.05) is 25.7 Å². The van der Waals surface area contributed by atoms with E-state index < -0.39 is 0 Å². The first kappa shape index (κ1) is 16.2. The average molecular weight is 313 g/mol. The van der Waals surface area contributed by atoms with Crippen molar-refractivity contribution in [2.75, 3.05) is 43.4 Å². The summed E-state index contributed by atoms with van der Waals surface area (Å²) in [7, 11) is 2.17. The molecule has 1 aromatic rings. The van der Waals surface area contributed by atoms with Gasteiger partial charge in [-0.15, -0.1) is 0 Å². The fraction of sp³-hybridized carbons (Fsp3) is 0.786. The molecule has 0 aromatic carbocycles. The number of anilines is 2. The second-order valence-electron chi connectivity index (χ2n) is 5.53. The minimum absolute atomic E-state index is 0.256. The summed E-state index contributed by atoms with van der Waals surface area (Å²) < 4.78 is 0. The molecular weight excluding hydrogens is 288 g/mol. The van der Waals surface area contributed by atoms with Gasteiger partial charge in [0.25, 0.3) is 0 Å². The van der Waals surface area contributed by atoms with E-state index in [1.165, 1.54) is 0 Å². The fourth-order valence-corrected chi connectivity index (χ4v) is 2.80. The van der Waals surface area contributed by atoms with Crippen LogP contribution in [0.3, 0.4) is 0 Å². The largest absolute Gasteiger partial charge is 0.354 e. The van der Waals surface area contributed by atoms with E-state index in [9.17, 15) is 0 Å². The van der Waals surface area contributed by atoms with Crippen LogP contribution in [0.15, 0.2) is 0 Å². The maximum Gasteiger partial charge on any atom is 0.231 e. The fourth-order valence-electron chi connectivity index (χ4n) is 2.64. The summed E-state index contributed by atoms with van der Waals surface area (Å²) in [6, 6.07) is 0.412. The Morgan fingerprint density at radius 2 is 2.05 bits per heavy atom. The van der Waals surface area contributed by atoms with Crippen LogP contribution in [0.1, 0.15) is 33.1 Å². The Morgan fingerprint density at radius 1 is 1.24 bits per heavy atom. The lowest BCUT2D eigenvalue weighted by Gasteiger charge is -2.30. The molecule has 0 spiro atoms. The van der Waals surface area contributed by atoms with Crippen LogP contribution < -0.4 is 10.2 Å². The highest BCUT2D eigenvalue weighted by Gasteiger charge is 2.25. The highest BCUT2D eigenvalue weighted by Crippen LogP contribution is 2.20. The van der Waals surface area contributed by atoms with Gasteiger partial charge in [-0.3, -0.25) is 0 Å². The predicted octanol–water partition coefficient (Wildman–Crippen LogP) is 2.27. The van der Waals surface area contributed by atoms with E-state index in [1.54, 1.807) is 0 Å². The van der Waals surface area contributed by atoms with Crippen LogP contribution in [0.25, 0.3) is 0 Å². The van der Waals surface area contributed by atoms with Crippen molar-refractivity contribution in [3.05, 3.63) is 5.28 Å². The molecule has 1 N–H and O–H groups in total. The van der Waals surface area contributed by atoms with Gasteiger partial charge < -0.3 is 15.1 Å². The Hall–Kier alpha value is -1.14. The maximum atomic E-state index is 6.07. The van der Waals surface area contributed by atoms with Crippen LogP contribution in [0, 0.1) is 0 Å². The molecule has 118 valence electrons. The van der Waals surface area contributed by atoms with Gasteiger partial charge in [-0.25, -0.2) is 0 Å². The standard InChI is InChI=1S/C14H25ClN6/c1-4-7-16-13-17-12(15)18-14(19-13)21-9-6-8-20(3)10-11(21)5-2/h11H,4-10H2,1-3H3,(H,16,17,18,19). The summed E-state index contributed by atoms with van der Waals surface area (Å²) in [5.41, 5.74) is 0. The van der Waals surface area contributed by atoms with Crippen LogP contribution in [-0.4, -0.2) is 59.1 Å². The number of hydrogen-bond acceptors (Lipinski definition) is 6. The molecule has 0 radical (unpaired) electrons. The Labute approximate surface area is 131 Å². The minimum atomic E-state index is 0.256. The third-order valence-corrected chi connectivity index (χ3v) is 3.93. The lowest BCUT2D eigenvalue weighted by atomic mass is 10.2. The molecule has 1 aromatic heterocycles. The Kier molecular flexibility index (Phi) is 5.99.